The van der Waals surface area contributed by atoms with Gasteiger partial charge in [-0.1, -0.05) is 60.0 Å². The zero-order valence-corrected chi connectivity index (χ0v) is 20.8. The van der Waals surface area contributed by atoms with Gasteiger partial charge in [0.2, 0.25) is 0 Å². The number of carbonyl (C=O) groups is 1. The highest BCUT2D eigenvalue weighted by atomic mass is 19.1. The molecule has 11 heteroatoms. The smallest absolute Gasteiger partial charge is 0.408 e. The van der Waals surface area contributed by atoms with Crippen molar-refractivity contribution in [1.82, 2.24) is 34.9 Å². The van der Waals surface area contributed by atoms with E-state index < -0.39 is 12.1 Å². The van der Waals surface area contributed by atoms with Crippen molar-refractivity contribution in [2.75, 3.05) is 0 Å². The molecule has 1 unspecified atom stereocenters. The van der Waals surface area contributed by atoms with Crippen LogP contribution >= 0.6 is 0 Å². The second-order valence-corrected chi connectivity index (χ2v) is 9.67. The molecule has 1 fully saturated rings. The standard InChI is InChI=1S/C27H29F2N7O2/c28-21-9-6-7-19(13-21)15-34-18-25(31-33-34)26(36(27(37)38)23-10-2-1-3-11-23)14-22-17-35(32-30-22)16-20-8-4-5-12-24(20)29/h4-9,12-13,17-18,23,26H,1-3,10-11,14-16H2,(H,37,38). The van der Waals surface area contributed by atoms with Gasteiger partial charge in [0.25, 0.3) is 0 Å². The largest absolute Gasteiger partial charge is 0.465 e. The summed E-state index contributed by atoms with van der Waals surface area (Å²) >= 11 is 0. The Morgan fingerprint density at radius 1 is 0.974 bits per heavy atom. The molecule has 38 heavy (non-hydrogen) atoms. The molecule has 1 atom stereocenters. The van der Waals surface area contributed by atoms with Gasteiger partial charge in [0.05, 0.1) is 31.0 Å². The summed E-state index contributed by atoms with van der Waals surface area (Å²) in [5.74, 6) is -0.666. The zero-order valence-electron chi connectivity index (χ0n) is 20.8. The van der Waals surface area contributed by atoms with E-state index in [1.165, 1.54) is 27.8 Å². The first-order chi connectivity index (χ1) is 18.5. The number of aromatic nitrogens is 6. The monoisotopic (exact) mass is 521 g/mol. The number of hydrogen-bond acceptors (Lipinski definition) is 5. The predicted octanol–water partition coefficient (Wildman–Crippen LogP) is 4.84. The Labute approximate surface area is 218 Å². The third-order valence-corrected chi connectivity index (χ3v) is 6.93. The van der Waals surface area contributed by atoms with Crippen molar-refractivity contribution in [1.29, 1.82) is 0 Å². The van der Waals surface area contributed by atoms with Crippen LogP contribution in [-0.4, -0.2) is 52.1 Å². The van der Waals surface area contributed by atoms with Crippen LogP contribution in [0.4, 0.5) is 13.6 Å². The van der Waals surface area contributed by atoms with Crippen molar-refractivity contribution < 1.29 is 18.7 Å². The van der Waals surface area contributed by atoms with Crippen LogP contribution in [0.15, 0.2) is 60.9 Å². The van der Waals surface area contributed by atoms with Crippen molar-refractivity contribution in [2.24, 2.45) is 0 Å². The van der Waals surface area contributed by atoms with E-state index in [4.69, 9.17) is 0 Å². The van der Waals surface area contributed by atoms with Gasteiger partial charge in [0.15, 0.2) is 0 Å². The van der Waals surface area contributed by atoms with Crippen molar-refractivity contribution in [2.45, 2.75) is 63.7 Å². The molecule has 0 bridgehead atoms. The fourth-order valence-corrected chi connectivity index (χ4v) is 5.12. The molecule has 0 radical (unpaired) electrons. The first-order valence-electron chi connectivity index (χ1n) is 12.7. The van der Waals surface area contributed by atoms with Gasteiger partial charge in [-0.15, -0.1) is 10.2 Å². The van der Waals surface area contributed by atoms with Gasteiger partial charge in [-0.3, -0.25) is 4.90 Å². The Morgan fingerprint density at radius 3 is 2.50 bits per heavy atom. The van der Waals surface area contributed by atoms with Gasteiger partial charge in [-0.05, 0) is 36.6 Å². The fourth-order valence-electron chi connectivity index (χ4n) is 5.12. The molecule has 5 rings (SSSR count). The molecule has 1 aliphatic carbocycles. The maximum absolute atomic E-state index is 14.1. The Bertz CT molecular complexity index is 1380. The molecule has 2 aromatic heterocycles. The highest BCUT2D eigenvalue weighted by Crippen LogP contribution is 2.32. The lowest BCUT2D eigenvalue weighted by Gasteiger charge is -2.37. The summed E-state index contributed by atoms with van der Waals surface area (Å²) in [4.78, 5) is 14.0. The number of rotatable bonds is 9. The Balaban J connectivity index is 1.41. The van der Waals surface area contributed by atoms with Crippen molar-refractivity contribution >= 4 is 6.09 Å². The van der Waals surface area contributed by atoms with Gasteiger partial charge in [-0.25, -0.2) is 22.9 Å². The summed E-state index contributed by atoms with van der Waals surface area (Å²) in [5, 5.41) is 27.2. The van der Waals surface area contributed by atoms with Gasteiger partial charge in [-0.2, -0.15) is 0 Å². The van der Waals surface area contributed by atoms with Crippen LogP contribution in [0.2, 0.25) is 0 Å². The molecular formula is C27H29F2N7O2. The normalized spacial score (nSPS) is 14.9. The summed E-state index contributed by atoms with van der Waals surface area (Å²) in [6, 6.07) is 11.9. The zero-order chi connectivity index (χ0) is 26.5. The van der Waals surface area contributed by atoms with E-state index in [0.29, 0.717) is 23.5 Å². The van der Waals surface area contributed by atoms with Gasteiger partial charge in [0.1, 0.15) is 17.3 Å². The lowest BCUT2D eigenvalue weighted by molar-refractivity contribution is 0.0814. The minimum absolute atomic E-state index is 0.145. The molecule has 0 spiro atoms. The predicted molar refractivity (Wildman–Crippen MR) is 134 cm³/mol. The molecule has 1 saturated carbocycles. The molecule has 9 nitrogen and oxygen atoms in total. The first kappa shape index (κ1) is 25.5. The molecule has 198 valence electrons. The van der Waals surface area contributed by atoms with E-state index in [9.17, 15) is 18.7 Å². The second-order valence-electron chi connectivity index (χ2n) is 9.67. The number of halogens is 2. The average molecular weight is 522 g/mol. The maximum atomic E-state index is 14.1. The minimum Gasteiger partial charge on any atom is -0.465 e. The third-order valence-electron chi connectivity index (χ3n) is 6.93. The summed E-state index contributed by atoms with van der Waals surface area (Å²) in [7, 11) is 0. The quantitative estimate of drug-likeness (QED) is 0.338. The van der Waals surface area contributed by atoms with Crippen LogP contribution in [0.3, 0.4) is 0 Å². The highest BCUT2D eigenvalue weighted by Gasteiger charge is 2.35. The van der Waals surface area contributed by atoms with E-state index in [0.717, 1.165) is 37.7 Å². The van der Waals surface area contributed by atoms with Crippen LogP contribution in [0, 0.1) is 11.6 Å². The van der Waals surface area contributed by atoms with Crippen LogP contribution < -0.4 is 0 Å². The molecule has 1 amide bonds. The molecule has 0 saturated heterocycles. The van der Waals surface area contributed by atoms with Gasteiger partial charge < -0.3 is 5.11 Å². The molecule has 2 aromatic carbocycles. The van der Waals surface area contributed by atoms with E-state index >= 15 is 0 Å². The van der Waals surface area contributed by atoms with Gasteiger partial charge in [0, 0.05) is 24.2 Å². The lowest BCUT2D eigenvalue weighted by Crippen LogP contribution is -2.44. The Kier molecular flexibility index (Phi) is 7.71. The first-order valence-corrected chi connectivity index (χ1v) is 12.7. The van der Waals surface area contributed by atoms with Crippen molar-refractivity contribution in [3.63, 3.8) is 0 Å². The summed E-state index contributed by atoms with van der Waals surface area (Å²) in [6.07, 6.45) is 7.19. The number of carboxylic acid groups (broad SMARTS) is 1. The van der Waals surface area contributed by atoms with Gasteiger partial charge >= 0.3 is 6.09 Å². The SMILES string of the molecule is O=C(O)N(C1CCCCC1)C(Cc1cn(Cc2ccccc2F)nn1)c1cn(Cc2cccc(F)c2)nn1. The third kappa shape index (κ3) is 6.04. The summed E-state index contributed by atoms with van der Waals surface area (Å²) in [5.41, 5.74) is 2.25. The lowest BCUT2D eigenvalue weighted by atomic mass is 9.92. The number of hydrogen-bond donors (Lipinski definition) is 1. The van der Waals surface area contributed by atoms with Crippen LogP contribution in [0.1, 0.15) is 60.7 Å². The average Bonchev–Trinajstić information content (AvgIpc) is 3.55. The van der Waals surface area contributed by atoms with E-state index in [2.05, 4.69) is 20.6 Å². The van der Waals surface area contributed by atoms with Crippen LogP contribution in [0.25, 0.3) is 0 Å². The summed E-state index contributed by atoms with van der Waals surface area (Å²) in [6.45, 7) is 0.506. The molecule has 2 heterocycles. The van der Waals surface area contributed by atoms with Crippen molar-refractivity contribution in [3.8, 4) is 0 Å². The number of nitrogens with zero attached hydrogens (tertiary/aromatic N) is 7. The van der Waals surface area contributed by atoms with E-state index in [1.54, 1.807) is 47.4 Å². The topological polar surface area (TPSA) is 102 Å². The summed E-state index contributed by atoms with van der Waals surface area (Å²) < 4.78 is 30.9. The molecule has 1 N–H and O–H groups in total. The maximum Gasteiger partial charge on any atom is 0.408 e. The number of benzene rings is 2. The fraction of sp³-hybridized carbons (Fsp3) is 0.370. The van der Waals surface area contributed by atoms with Crippen LogP contribution in [-0.2, 0) is 19.5 Å². The van der Waals surface area contributed by atoms with Crippen molar-refractivity contribution in [3.05, 3.63) is 95.1 Å². The van der Waals surface area contributed by atoms with Crippen LogP contribution in [0.5, 0.6) is 0 Å². The molecule has 4 aromatic rings. The minimum atomic E-state index is -1.03. The molecule has 1 aliphatic rings. The van der Waals surface area contributed by atoms with E-state index in [1.807, 2.05) is 0 Å². The molecule has 0 aliphatic heterocycles. The van der Waals surface area contributed by atoms with E-state index in [-0.39, 0.29) is 30.6 Å². The second kappa shape index (κ2) is 11.5. The Morgan fingerprint density at radius 2 is 1.74 bits per heavy atom. The highest BCUT2D eigenvalue weighted by molar-refractivity contribution is 5.66. The molecular weight excluding hydrogens is 492 g/mol. The number of amides is 1. The Hall–Kier alpha value is -4.15.